The first-order chi connectivity index (χ1) is 11.6. The molecule has 1 fully saturated rings. The van der Waals surface area contributed by atoms with Gasteiger partial charge in [0, 0.05) is 35.6 Å². The Balaban J connectivity index is 1.82. The molecular weight excluding hydrogens is 304 g/mol. The van der Waals surface area contributed by atoms with Crippen molar-refractivity contribution in [2.24, 2.45) is 5.92 Å². The van der Waals surface area contributed by atoms with Crippen molar-refractivity contribution in [2.45, 2.75) is 24.8 Å². The summed E-state index contributed by atoms with van der Waals surface area (Å²) in [4.78, 5) is 29.7. The van der Waals surface area contributed by atoms with Crippen molar-refractivity contribution in [1.29, 1.82) is 0 Å². The molecule has 3 atom stereocenters. The number of amides is 1. The molecule has 2 aromatic rings. The van der Waals surface area contributed by atoms with E-state index in [4.69, 9.17) is 4.74 Å². The zero-order chi connectivity index (χ0) is 16.8. The van der Waals surface area contributed by atoms with Crippen LogP contribution >= 0.6 is 0 Å². The maximum Gasteiger partial charge on any atom is 0.310 e. The van der Waals surface area contributed by atoms with Crippen LogP contribution in [0.5, 0.6) is 0 Å². The smallest absolute Gasteiger partial charge is 0.310 e. The number of aromatic amines is 1. The summed E-state index contributed by atoms with van der Waals surface area (Å²) < 4.78 is 4.95. The maximum absolute atomic E-state index is 12.4. The molecule has 2 aliphatic rings. The highest BCUT2D eigenvalue weighted by atomic mass is 16.5. The molecule has 0 saturated carbocycles. The third-order valence-electron chi connectivity index (χ3n) is 5.46. The topological polar surface area (TPSA) is 62.4 Å². The molecule has 1 N–H and O–H groups in total. The van der Waals surface area contributed by atoms with Gasteiger partial charge in [-0.3, -0.25) is 9.59 Å². The Morgan fingerprint density at radius 2 is 2.25 bits per heavy atom. The van der Waals surface area contributed by atoms with Gasteiger partial charge in [-0.25, -0.2) is 0 Å². The van der Waals surface area contributed by atoms with E-state index in [0.29, 0.717) is 13.0 Å². The van der Waals surface area contributed by atoms with Crippen LogP contribution in [0.1, 0.15) is 23.5 Å². The van der Waals surface area contributed by atoms with E-state index >= 15 is 0 Å². The second kappa shape index (κ2) is 5.51. The number of fused-ring (bicyclic) bond motifs is 2. The molecule has 1 aliphatic carbocycles. The van der Waals surface area contributed by atoms with Gasteiger partial charge in [0.15, 0.2) is 0 Å². The van der Waals surface area contributed by atoms with E-state index < -0.39 is 0 Å². The zero-order valence-electron chi connectivity index (χ0n) is 13.6. The molecule has 0 radical (unpaired) electrons. The highest BCUT2D eigenvalue weighted by molar-refractivity contribution is 5.91. The van der Waals surface area contributed by atoms with Crippen LogP contribution in [0.2, 0.25) is 0 Å². The van der Waals surface area contributed by atoms with Gasteiger partial charge in [0.1, 0.15) is 0 Å². The molecule has 1 unspecified atom stereocenters. The average molecular weight is 324 g/mol. The van der Waals surface area contributed by atoms with Gasteiger partial charge in [-0.05, 0) is 36.1 Å². The van der Waals surface area contributed by atoms with Crippen molar-refractivity contribution in [3.8, 4) is 0 Å². The number of ether oxygens (including phenoxy) is 1. The van der Waals surface area contributed by atoms with Crippen LogP contribution < -0.4 is 0 Å². The van der Waals surface area contributed by atoms with Gasteiger partial charge in [0.2, 0.25) is 5.91 Å². The number of carbonyl (C=O) groups excluding carboxylic acids is 2. The Hall–Kier alpha value is -2.56. The molecule has 2 heterocycles. The molecule has 124 valence electrons. The number of benzene rings is 1. The second-order valence-corrected chi connectivity index (χ2v) is 6.61. The number of hydrogen-bond acceptors (Lipinski definition) is 3. The Kier molecular flexibility index (Phi) is 3.44. The fraction of sp³-hybridized carbons (Fsp3) is 0.368. The van der Waals surface area contributed by atoms with Gasteiger partial charge in [0.25, 0.3) is 0 Å². The molecule has 1 saturated heterocycles. The fourth-order valence-corrected chi connectivity index (χ4v) is 4.40. The minimum Gasteiger partial charge on any atom is -0.469 e. The van der Waals surface area contributed by atoms with Crippen LogP contribution in [0, 0.1) is 5.92 Å². The third kappa shape index (κ3) is 2.08. The summed E-state index contributed by atoms with van der Waals surface area (Å²) in [6.45, 7) is 4.02. The van der Waals surface area contributed by atoms with Crippen LogP contribution in [0.15, 0.2) is 37.1 Å². The van der Waals surface area contributed by atoms with Gasteiger partial charge in [0.05, 0.1) is 13.0 Å². The van der Waals surface area contributed by atoms with Crippen molar-refractivity contribution in [1.82, 2.24) is 9.88 Å². The minimum atomic E-state index is -0.295. The van der Waals surface area contributed by atoms with Crippen LogP contribution in [-0.4, -0.2) is 41.5 Å². The lowest BCUT2D eigenvalue weighted by atomic mass is 9.72. The summed E-state index contributed by atoms with van der Waals surface area (Å²) in [5, 5.41) is 1.25. The summed E-state index contributed by atoms with van der Waals surface area (Å²) in [7, 11) is 1.40. The lowest BCUT2D eigenvalue weighted by molar-refractivity contribution is -0.150. The average Bonchev–Trinajstić information content (AvgIpc) is 3.04. The molecule has 1 aliphatic heterocycles. The van der Waals surface area contributed by atoms with Gasteiger partial charge in [-0.1, -0.05) is 18.7 Å². The van der Waals surface area contributed by atoms with Gasteiger partial charge >= 0.3 is 5.97 Å². The molecule has 5 heteroatoms. The Morgan fingerprint density at radius 3 is 3.00 bits per heavy atom. The number of carbonyl (C=O) groups is 2. The number of H-pyrrole nitrogens is 1. The van der Waals surface area contributed by atoms with Crippen LogP contribution in [0.3, 0.4) is 0 Å². The quantitative estimate of drug-likeness (QED) is 0.681. The zero-order valence-corrected chi connectivity index (χ0v) is 13.6. The number of piperidine rings is 1. The van der Waals surface area contributed by atoms with E-state index in [-0.39, 0.29) is 29.8 Å². The summed E-state index contributed by atoms with van der Waals surface area (Å²) in [5.41, 5.74) is 3.57. The molecule has 1 aromatic carbocycles. The summed E-state index contributed by atoms with van der Waals surface area (Å²) >= 11 is 0. The van der Waals surface area contributed by atoms with E-state index in [9.17, 15) is 9.59 Å². The third-order valence-corrected chi connectivity index (χ3v) is 5.46. The normalized spacial score (nSPS) is 25.2. The van der Waals surface area contributed by atoms with E-state index in [2.05, 4.69) is 23.7 Å². The molecule has 0 spiro atoms. The van der Waals surface area contributed by atoms with E-state index in [1.807, 2.05) is 12.3 Å². The van der Waals surface area contributed by atoms with Gasteiger partial charge < -0.3 is 14.6 Å². The highest BCUT2D eigenvalue weighted by Crippen LogP contribution is 2.45. The number of aromatic nitrogens is 1. The first kappa shape index (κ1) is 15.0. The second-order valence-electron chi connectivity index (χ2n) is 6.61. The lowest BCUT2D eigenvalue weighted by Crippen LogP contribution is -2.53. The molecule has 1 amide bonds. The van der Waals surface area contributed by atoms with Gasteiger partial charge in [-0.15, -0.1) is 0 Å². The van der Waals surface area contributed by atoms with Crippen molar-refractivity contribution in [3.63, 3.8) is 0 Å². The number of esters is 1. The number of rotatable bonds is 2. The first-order valence-electron chi connectivity index (χ1n) is 8.23. The van der Waals surface area contributed by atoms with Crippen LogP contribution in [0.25, 0.3) is 10.9 Å². The highest BCUT2D eigenvalue weighted by Gasteiger charge is 2.44. The predicted molar refractivity (Wildman–Crippen MR) is 90.6 cm³/mol. The Bertz CT molecular complexity index is 838. The molecule has 4 rings (SSSR count). The lowest BCUT2D eigenvalue weighted by Gasteiger charge is -2.46. The minimum absolute atomic E-state index is 0.0605. The van der Waals surface area contributed by atoms with E-state index in [0.717, 1.165) is 11.9 Å². The van der Waals surface area contributed by atoms with E-state index in [1.165, 1.54) is 29.7 Å². The summed E-state index contributed by atoms with van der Waals surface area (Å²) in [6.07, 6.45) is 4.88. The van der Waals surface area contributed by atoms with Gasteiger partial charge in [-0.2, -0.15) is 0 Å². The number of nitrogens with zero attached hydrogens (tertiary/aromatic N) is 1. The summed E-state index contributed by atoms with van der Waals surface area (Å²) in [6, 6.07) is 6.27. The van der Waals surface area contributed by atoms with Crippen LogP contribution in [-0.2, 0) is 20.7 Å². The SMILES string of the molecule is C=CC(=O)N1CC(C(=O)OC)C[C@@H]2c3cccc4[nH]cc(c34)C[C@H]21. The van der Waals surface area contributed by atoms with Crippen molar-refractivity contribution >= 4 is 22.8 Å². The molecule has 1 aromatic heterocycles. The number of likely N-dealkylation sites (tertiary alicyclic amines) is 1. The molecule has 0 bridgehead atoms. The first-order valence-corrected chi connectivity index (χ1v) is 8.23. The maximum atomic E-state index is 12.4. The van der Waals surface area contributed by atoms with Crippen molar-refractivity contribution in [3.05, 3.63) is 48.2 Å². The van der Waals surface area contributed by atoms with Crippen LogP contribution in [0.4, 0.5) is 0 Å². The molecule has 5 nitrogen and oxygen atoms in total. The Labute approximate surface area is 140 Å². The predicted octanol–water partition coefficient (Wildman–Crippen LogP) is 2.38. The number of nitrogens with one attached hydrogen (secondary N) is 1. The largest absolute Gasteiger partial charge is 0.469 e. The summed E-state index contributed by atoms with van der Waals surface area (Å²) in [5.74, 6) is -0.526. The fourth-order valence-electron chi connectivity index (χ4n) is 4.40. The standard InChI is InChI=1S/C19H20N2O3/c1-3-17(22)21-10-12(19(23)24-2)7-14-13-5-4-6-15-18(13)11(9-20-15)8-16(14)21/h3-6,9,12,14,16,20H,1,7-8,10H2,2H3/t12?,14-,16-/m1/s1. The van der Waals surface area contributed by atoms with E-state index in [1.54, 1.807) is 4.90 Å². The molecular formula is C19H20N2O3. The number of methoxy groups -OCH3 is 1. The molecule has 24 heavy (non-hydrogen) atoms. The van der Waals surface area contributed by atoms with Crippen molar-refractivity contribution in [2.75, 3.05) is 13.7 Å². The number of hydrogen-bond donors (Lipinski definition) is 1. The Morgan fingerprint density at radius 1 is 1.42 bits per heavy atom. The van der Waals surface area contributed by atoms with Crippen molar-refractivity contribution < 1.29 is 14.3 Å². The monoisotopic (exact) mass is 324 g/mol.